The summed E-state index contributed by atoms with van der Waals surface area (Å²) in [6.07, 6.45) is 3.99. The van der Waals surface area contributed by atoms with E-state index in [1.807, 2.05) is 6.07 Å². The van der Waals surface area contributed by atoms with Gasteiger partial charge in [-0.15, -0.1) is 0 Å². The van der Waals surface area contributed by atoms with E-state index in [1.165, 1.54) is 6.26 Å². The van der Waals surface area contributed by atoms with Gasteiger partial charge in [-0.2, -0.15) is 0 Å². The molecule has 0 unspecified atom stereocenters. The number of carbonyl (C=O) groups excluding carboxylic acids is 3. The van der Waals surface area contributed by atoms with E-state index < -0.39 is 0 Å². The van der Waals surface area contributed by atoms with Crippen molar-refractivity contribution < 1.29 is 18.8 Å². The monoisotopic (exact) mass is 397 g/mol. The Labute approximate surface area is 168 Å². The lowest BCUT2D eigenvalue weighted by molar-refractivity contribution is -0.118. The summed E-state index contributed by atoms with van der Waals surface area (Å²) >= 11 is 0. The molecule has 2 aliphatic heterocycles. The number of rotatable bonds is 4. The van der Waals surface area contributed by atoms with Gasteiger partial charge < -0.3 is 24.0 Å². The molecular formula is C20H23N5O4. The van der Waals surface area contributed by atoms with E-state index in [-0.39, 0.29) is 11.8 Å². The van der Waals surface area contributed by atoms with E-state index in [0.29, 0.717) is 50.7 Å². The lowest BCUT2D eigenvalue weighted by Crippen LogP contribution is -2.50. The molecule has 2 fully saturated rings. The van der Waals surface area contributed by atoms with Crippen LogP contribution in [0, 0.1) is 0 Å². The van der Waals surface area contributed by atoms with Crippen LogP contribution >= 0.6 is 0 Å². The Morgan fingerprint density at radius 1 is 0.931 bits per heavy atom. The first-order chi connectivity index (χ1) is 14.2. The molecular weight excluding hydrogens is 374 g/mol. The summed E-state index contributed by atoms with van der Waals surface area (Å²) in [5, 5.41) is 0. The minimum atomic E-state index is -0.156. The van der Waals surface area contributed by atoms with Crippen molar-refractivity contribution in [3.8, 4) is 0 Å². The average molecular weight is 397 g/mol. The Balaban J connectivity index is 1.37. The molecule has 2 aliphatic rings. The fourth-order valence-electron chi connectivity index (χ4n) is 3.65. The summed E-state index contributed by atoms with van der Waals surface area (Å²) in [5.74, 6) is 0.0222. The molecule has 2 aromatic rings. The lowest BCUT2D eigenvalue weighted by Gasteiger charge is -2.35. The van der Waals surface area contributed by atoms with Gasteiger partial charge in [0.15, 0.2) is 5.76 Å². The van der Waals surface area contributed by atoms with Crippen LogP contribution in [0.15, 0.2) is 41.1 Å². The molecule has 2 saturated heterocycles. The normalized spacial score (nSPS) is 17.4. The predicted octanol–water partition coefficient (Wildman–Crippen LogP) is 0.551. The minimum Gasteiger partial charge on any atom is -0.459 e. The smallest absolute Gasteiger partial charge is 0.289 e. The van der Waals surface area contributed by atoms with Crippen LogP contribution in [0.25, 0.3) is 0 Å². The second-order valence-electron chi connectivity index (χ2n) is 7.09. The summed E-state index contributed by atoms with van der Waals surface area (Å²) in [5.41, 5.74) is 1.33. The summed E-state index contributed by atoms with van der Waals surface area (Å²) in [6.45, 7) is 4.61. The van der Waals surface area contributed by atoms with Gasteiger partial charge in [-0.3, -0.25) is 19.4 Å². The van der Waals surface area contributed by atoms with Gasteiger partial charge in [0.05, 0.1) is 6.26 Å². The summed E-state index contributed by atoms with van der Waals surface area (Å²) in [6, 6.07) is 7.02. The summed E-state index contributed by atoms with van der Waals surface area (Å²) in [7, 11) is 0. The van der Waals surface area contributed by atoms with Crippen molar-refractivity contribution in [2.75, 3.05) is 57.3 Å². The second kappa shape index (κ2) is 8.34. The maximum absolute atomic E-state index is 12.9. The van der Waals surface area contributed by atoms with E-state index in [4.69, 9.17) is 4.42 Å². The molecule has 9 heteroatoms. The number of carbonyl (C=O) groups is 3. The molecule has 9 nitrogen and oxygen atoms in total. The van der Waals surface area contributed by atoms with Gasteiger partial charge in [0, 0.05) is 64.2 Å². The van der Waals surface area contributed by atoms with Gasteiger partial charge in [-0.1, -0.05) is 0 Å². The molecule has 0 aliphatic carbocycles. The highest BCUT2D eigenvalue weighted by molar-refractivity contribution is 5.94. The average Bonchev–Trinajstić information content (AvgIpc) is 3.33. The highest BCUT2D eigenvalue weighted by Gasteiger charge is 2.27. The quantitative estimate of drug-likeness (QED) is 0.700. The third-order valence-electron chi connectivity index (χ3n) is 5.38. The Morgan fingerprint density at radius 2 is 1.62 bits per heavy atom. The molecule has 0 atom stereocenters. The van der Waals surface area contributed by atoms with Crippen LogP contribution in [0.1, 0.15) is 21.0 Å². The molecule has 0 saturated carbocycles. The first-order valence-corrected chi connectivity index (χ1v) is 9.68. The number of aromatic nitrogens is 1. The molecule has 0 aromatic carbocycles. The lowest BCUT2D eigenvalue weighted by atomic mass is 10.2. The van der Waals surface area contributed by atoms with Crippen molar-refractivity contribution in [3.63, 3.8) is 0 Å². The van der Waals surface area contributed by atoms with Crippen LogP contribution in [0.3, 0.4) is 0 Å². The van der Waals surface area contributed by atoms with Crippen LogP contribution in [-0.4, -0.2) is 90.3 Å². The van der Waals surface area contributed by atoms with Gasteiger partial charge in [0.1, 0.15) is 5.69 Å². The van der Waals surface area contributed by atoms with Crippen molar-refractivity contribution in [2.45, 2.75) is 0 Å². The number of amides is 3. The Morgan fingerprint density at radius 3 is 2.24 bits per heavy atom. The maximum Gasteiger partial charge on any atom is 0.289 e. The first kappa shape index (κ1) is 19.0. The molecule has 29 heavy (non-hydrogen) atoms. The topological polar surface area (TPSA) is 90.2 Å². The van der Waals surface area contributed by atoms with Crippen molar-refractivity contribution in [2.24, 2.45) is 0 Å². The zero-order valence-corrected chi connectivity index (χ0v) is 16.1. The third-order valence-corrected chi connectivity index (χ3v) is 5.38. The van der Waals surface area contributed by atoms with E-state index in [1.54, 1.807) is 39.1 Å². The third kappa shape index (κ3) is 4.08. The van der Waals surface area contributed by atoms with Crippen LogP contribution in [0.5, 0.6) is 0 Å². The van der Waals surface area contributed by atoms with Crippen molar-refractivity contribution in [3.05, 3.63) is 48.2 Å². The number of furan rings is 1. The zero-order valence-electron chi connectivity index (χ0n) is 16.1. The maximum atomic E-state index is 12.9. The fourth-order valence-corrected chi connectivity index (χ4v) is 3.65. The van der Waals surface area contributed by atoms with Gasteiger partial charge in [-0.05, 0) is 24.3 Å². The number of hydrogen-bond donors (Lipinski definition) is 0. The highest BCUT2D eigenvalue weighted by Crippen LogP contribution is 2.18. The fraction of sp³-hybridized carbons (Fsp3) is 0.400. The molecule has 0 N–H and O–H groups in total. The van der Waals surface area contributed by atoms with E-state index in [2.05, 4.69) is 9.88 Å². The first-order valence-electron chi connectivity index (χ1n) is 9.68. The highest BCUT2D eigenvalue weighted by atomic mass is 16.3. The number of anilines is 1. The molecule has 3 amide bonds. The molecule has 152 valence electrons. The second-order valence-corrected chi connectivity index (χ2v) is 7.09. The Hall–Kier alpha value is -3.36. The Bertz CT molecular complexity index is 869. The molecule has 0 spiro atoms. The molecule has 2 aromatic heterocycles. The SMILES string of the molecule is O=CN1CCN(c2ccnc(C(=O)N3CCN(C(=O)c4ccco4)CC3)c2)CC1. The molecule has 0 radical (unpaired) electrons. The molecule has 4 heterocycles. The van der Waals surface area contributed by atoms with Crippen LogP contribution in [-0.2, 0) is 4.79 Å². The largest absolute Gasteiger partial charge is 0.459 e. The summed E-state index contributed by atoms with van der Waals surface area (Å²) < 4.78 is 5.17. The minimum absolute atomic E-state index is 0.136. The van der Waals surface area contributed by atoms with Crippen LogP contribution in [0.2, 0.25) is 0 Å². The van der Waals surface area contributed by atoms with Gasteiger partial charge in [-0.25, -0.2) is 0 Å². The van der Waals surface area contributed by atoms with Crippen molar-refractivity contribution in [1.82, 2.24) is 19.7 Å². The summed E-state index contributed by atoms with van der Waals surface area (Å²) in [4.78, 5) is 47.7. The van der Waals surface area contributed by atoms with Gasteiger partial charge in [0.25, 0.3) is 11.8 Å². The zero-order chi connectivity index (χ0) is 20.2. The molecule has 4 rings (SSSR count). The van der Waals surface area contributed by atoms with Crippen molar-refractivity contribution in [1.29, 1.82) is 0 Å². The number of hydrogen-bond acceptors (Lipinski definition) is 6. The van der Waals surface area contributed by atoms with E-state index >= 15 is 0 Å². The van der Waals surface area contributed by atoms with Gasteiger partial charge in [0.2, 0.25) is 6.41 Å². The number of nitrogens with zero attached hydrogens (tertiary/aromatic N) is 5. The van der Waals surface area contributed by atoms with E-state index in [0.717, 1.165) is 25.2 Å². The Kier molecular flexibility index (Phi) is 5.46. The standard InChI is InChI=1S/C20H23N5O4/c26-15-22-5-7-23(8-6-22)16-3-4-21-17(14-16)19(27)24-9-11-25(12-10-24)20(28)18-2-1-13-29-18/h1-4,13-15H,5-12H2. The van der Waals surface area contributed by atoms with Crippen LogP contribution in [0.4, 0.5) is 5.69 Å². The predicted molar refractivity (Wildman–Crippen MR) is 105 cm³/mol. The van der Waals surface area contributed by atoms with Crippen LogP contribution < -0.4 is 4.90 Å². The van der Waals surface area contributed by atoms with Gasteiger partial charge >= 0.3 is 0 Å². The van der Waals surface area contributed by atoms with E-state index in [9.17, 15) is 14.4 Å². The number of pyridine rings is 1. The van der Waals surface area contributed by atoms with Crippen molar-refractivity contribution >= 4 is 23.9 Å². The molecule has 0 bridgehead atoms. The number of piperazine rings is 2.